The molecule has 26 heavy (non-hydrogen) atoms. The monoisotopic (exact) mass is 364 g/mol. The molecule has 9 nitrogen and oxygen atoms in total. The minimum atomic E-state index is -0.360. The Morgan fingerprint density at radius 2 is 2.12 bits per heavy atom. The first-order chi connectivity index (χ1) is 12.7. The molecular weight excluding hydrogens is 336 g/mol. The third-order valence-corrected chi connectivity index (χ3v) is 5.11. The van der Waals surface area contributed by atoms with E-state index in [-0.39, 0.29) is 16.7 Å². The minimum absolute atomic E-state index is 0.00683. The molecule has 3 rings (SSSR count). The molecule has 0 spiro atoms. The summed E-state index contributed by atoms with van der Waals surface area (Å²) in [6, 6.07) is 0.256. The van der Waals surface area contributed by atoms with Crippen LogP contribution in [0.15, 0.2) is 6.33 Å². The molecule has 2 fully saturated rings. The van der Waals surface area contributed by atoms with Crippen molar-refractivity contribution in [3.05, 3.63) is 16.4 Å². The maximum absolute atomic E-state index is 11.7. The molecular formula is C17H28N6O3. The first-order valence-corrected chi connectivity index (χ1v) is 9.47. The Labute approximate surface area is 153 Å². The fourth-order valence-corrected chi connectivity index (χ4v) is 3.62. The highest BCUT2D eigenvalue weighted by Crippen LogP contribution is 2.34. The third kappa shape index (κ3) is 4.59. The fourth-order valence-electron chi connectivity index (χ4n) is 3.62. The lowest BCUT2D eigenvalue weighted by Gasteiger charge is -2.33. The molecule has 9 heteroatoms. The maximum Gasteiger partial charge on any atom is 0.353 e. The van der Waals surface area contributed by atoms with Gasteiger partial charge in [-0.05, 0) is 39.2 Å². The van der Waals surface area contributed by atoms with Gasteiger partial charge in [0, 0.05) is 32.2 Å². The predicted molar refractivity (Wildman–Crippen MR) is 99.7 cm³/mol. The number of nitrogens with zero attached hydrogens (tertiary/aromatic N) is 5. The van der Waals surface area contributed by atoms with E-state index in [0.717, 1.165) is 65.1 Å². The normalized spacial score (nSPS) is 21.6. The number of nitrogens with one attached hydrogen (secondary N) is 1. The topological polar surface area (TPSA) is 96.7 Å². The van der Waals surface area contributed by atoms with Crippen LogP contribution in [0.5, 0.6) is 0 Å². The maximum atomic E-state index is 11.7. The first kappa shape index (κ1) is 18.8. The van der Waals surface area contributed by atoms with Crippen molar-refractivity contribution in [2.24, 2.45) is 0 Å². The molecule has 0 aromatic carbocycles. The van der Waals surface area contributed by atoms with E-state index in [1.54, 1.807) is 0 Å². The molecule has 0 saturated carbocycles. The number of piperidine rings is 1. The lowest BCUT2D eigenvalue weighted by molar-refractivity contribution is -0.383. The van der Waals surface area contributed by atoms with Crippen LogP contribution in [0.1, 0.15) is 32.6 Å². The van der Waals surface area contributed by atoms with Crippen LogP contribution >= 0.6 is 0 Å². The van der Waals surface area contributed by atoms with Crippen molar-refractivity contribution in [3.8, 4) is 0 Å². The standard InChI is InChI=1S/C17H28N6O3/c1-14-5-2-3-8-22(14)17-15(23(24)25)16(19-13-20-17)18-6-4-7-21-9-11-26-12-10-21/h13-14H,2-12H2,1H3,(H,18,19,20). The van der Waals surface area contributed by atoms with Crippen molar-refractivity contribution in [1.29, 1.82) is 0 Å². The zero-order valence-electron chi connectivity index (χ0n) is 15.4. The molecule has 1 aromatic rings. The van der Waals surface area contributed by atoms with E-state index in [9.17, 15) is 10.1 Å². The van der Waals surface area contributed by atoms with Gasteiger partial charge in [-0.2, -0.15) is 0 Å². The van der Waals surface area contributed by atoms with E-state index in [1.165, 1.54) is 6.33 Å². The van der Waals surface area contributed by atoms with E-state index >= 15 is 0 Å². The Kier molecular flexibility index (Phi) is 6.56. The van der Waals surface area contributed by atoms with E-state index in [4.69, 9.17) is 4.74 Å². The van der Waals surface area contributed by atoms with Gasteiger partial charge in [-0.3, -0.25) is 15.0 Å². The summed E-state index contributed by atoms with van der Waals surface area (Å²) in [5, 5.41) is 14.9. The van der Waals surface area contributed by atoms with E-state index in [0.29, 0.717) is 18.2 Å². The molecule has 2 saturated heterocycles. The number of ether oxygens (including phenoxy) is 1. The Bertz CT molecular complexity index is 608. The summed E-state index contributed by atoms with van der Waals surface area (Å²) in [5.41, 5.74) is -0.00683. The number of rotatable bonds is 7. The highest BCUT2D eigenvalue weighted by molar-refractivity contribution is 5.70. The van der Waals surface area contributed by atoms with Crippen molar-refractivity contribution in [2.75, 3.05) is 56.2 Å². The van der Waals surface area contributed by atoms with E-state index < -0.39 is 0 Å². The number of anilines is 2. The molecule has 1 unspecified atom stereocenters. The number of hydrogen-bond donors (Lipinski definition) is 1. The van der Waals surface area contributed by atoms with Crippen molar-refractivity contribution in [2.45, 2.75) is 38.6 Å². The average Bonchev–Trinajstić information content (AvgIpc) is 2.66. The third-order valence-electron chi connectivity index (χ3n) is 5.11. The van der Waals surface area contributed by atoms with Crippen molar-refractivity contribution in [3.63, 3.8) is 0 Å². The van der Waals surface area contributed by atoms with Crippen LogP contribution in [0.3, 0.4) is 0 Å². The SMILES string of the molecule is CC1CCCCN1c1ncnc(NCCCN2CCOCC2)c1[N+](=O)[O-]. The summed E-state index contributed by atoms with van der Waals surface area (Å²) in [7, 11) is 0. The molecule has 0 bridgehead atoms. The van der Waals surface area contributed by atoms with Crippen LogP contribution in [0.4, 0.5) is 17.3 Å². The summed E-state index contributed by atoms with van der Waals surface area (Å²) in [6.45, 7) is 7.95. The lowest BCUT2D eigenvalue weighted by atomic mass is 10.0. The van der Waals surface area contributed by atoms with Gasteiger partial charge in [0.25, 0.3) is 0 Å². The molecule has 2 aliphatic heterocycles. The number of aromatic nitrogens is 2. The second-order valence-corrected chi connectivity index (χ2v) is 6.92. The highest BCUT2D eigenvalue weighted by Gasteiger charge is 2.30. The van der Waals surface area contributed by atoms with Crippen molar-refractivity contribution >= 4 is 17.3 Å². The van der Waals surface area contributed by atoms with Gasteiger partial charge in [-0.25, -0.2) is 9.97 Å². The number of nitro groups is 1. The molecule has 0 radical (unpaired) electrons. The molecule has 1 N–H and O–H groups in total. The van der Waals surface area contributed by atoms with Gasteiger partial charge in [0.1, 0.15) is 6.33 Å². The molecule has 1 aromatic heterocycles. The molecule has 0 amide bonds. The van der Waals surface area contributed by atoms with Crippen LogP contribution in [-0.2, 0) is 4.74 Å². The quantitative estimate of drug-likeness (QED) is 0.445. The Morgan fingerprint density at radius 1 is 1.31 bits per heavy atom. The summed E-state index contributed by atoms with van der Waals surface area (Å²) in [5.74, 6) is 0.757. The van der Waals surface area contributed by atoms with Crippen LogP contribution in [0, 0.1) is 10.1 Å². The Hall–Kier alpha value is -2.00. The van der Waals surface area contributed by atoms with Gasteiger partial charge < -0.3 is 15.0 Å². The summed E-state index contributed by atoms with van der Waals surface area (Å²) >= 11 is 0. The summed E-state index contributed by atoms with van der Waals surface area (Å²) < 4.78 is 5.34. The fraction of sp³-hybridized carbons (Fsp3) is 0.765. The number of morpholine rings is 1. The predicted octanol–water partition coefficient (Wildman–Crippen LogP) is 1.90. The average molecular weight is 364 g/mol. The highest BCUT2D eigenvalue weighted by atomic mass is 16.6. The van der Waals surface area contributed by atoms with Gasteiger partial charge >= 0.3 is 5.69 Å². The van der Waals surface area contributed by atoms with Crippen molar-refractivity contribution in [1.82, 2.24) is 14.9 Å². The summed E-state index contributed by atoms with van der Waals surface area (Å²) in [6.07, 6.45) is 5.55. The van der Waals surface area contributed by atoms with Gasteiger partial charge in [0.2, 0.25) is 11.6 Å². The molecule has 0 aliphatic carbocycles. The van der Waals surface area contributed by atoms with Gasteiger partial charge in [0.15, 0.2) is 0 Å². The molecule has 2 aliphatic rings. The number of hydrogen-bond acceptors (Lipinski definition) is 8. The molecule has 3 heterocycles. The lowest BCUT2D eigenvalue weighted by Crippen LogP contribution is -2.38. The second kappa shape index (κ2) is 9.09. The first-order valence-electron chi connectivity index (χ1n) is 9.47. The van der Waals surface area contributed by atoms with Crippen LogP contribution in [0.25, 0.3) is 0 Å². The minimum Gasteiger partial charge on any atom is -0.379 e. The summed E-state index contributed by atoms with van der Waals surface area (Å²) in [4.78, 5) is 24.1. The Morgan fingerprint density at radius 3 is 2.85 bits per heavy atom. The van der Waals surface area contributed by atoms with Gasteiger partial charge in [-0.1, -0.05) is 0 Å². The van der Waals surface area contributed by atoms with Crippen LogP contribution < -0.4 is 10.2 Å². The Balaban J connectivity index is 1.64. The molecule has 1 atom stereocenters. The van der Waals surface area contributed by atoms with E-state index in [2.05, 4.69) is 27.1 Å². The van der Waals surface area contributed by atoms with Gasteiger partial charge in [0.05, 0.1) is 18.1 Å². The van der Waals surface area contributed by atoms with E-state index in [1.807, 2.05) is 4.90 Å². The zero-order chi connectivity index (χ0) is 18.4. The van der Waals surface area contributed by atoms with Crippen molar-refractivity contribution < 1.29 is 9.66 Å². The largest absolute Gasteiger partial charge is 0.379 e. The smallest absolute Gasteiger partial charge is 0.353 e. The molecule has 144 valence electrons. The van der Waals surface area contributed by atoms with Crippen LogP contribution in [-0.4, -0.2) is 71.8 Å². The van der Waals surface area contributed by atoms with Crippen LogP contribution in [0.2, 0.25) is 0 Å². The second-order valence-electron chi connectivity index (χ2n) is 6.92. The van der Waals surface area contributed by atoms with Gasteiger partial charge in [-0.15, -0.1) is 0 Å². The zero-order valence-corrected chi connectivity index (χ0v) is 15.4.